The van der Waals surface area contributed by atoms with Crippen molar-refractivity contribution in [2.24, 2.45) is 0 Å². The third-order valence-corrected chi connectivity index (χ3v) is 5.24. The van der Waals surface area contributed by atoms with Gasteiger partial charge >= 0.3 is 0 Å². The molecule has 1 aliphatic rings. The van der Waals surface area contributed by atoms with Crippen LogP contribution in [0, 0.1) is 13.5 Å². The quantitative estimate of drug-likeness (QED) is 0.774. The van der Waals surface area contributed by atoms with Gasteiger partial charge in [-0.1, -0.05) is 42.0 Å². The Bertz CT molecular complexity index is 738. The highest BCUT2D eigenvalue weighted by molar-refractivity contribution is 5.45. The number of hydrogen-bond donors (Lipinski definition) is 2. The Labute approximate surface area is 156 Å². The van der Waals surface area contributed by atoms with E-state index in [1.54, 1.807) is 0 Å². The van der Waals surface area contributed by atoms with Gasteiger partial charge < -0.3 is 15.3 Å². The van der Waals surface area contributed by atoms with Gasteiger partial charge in [0, 0.05) is 31.9 Å². The summed E-state index contributed by atoms with van der Waals surface area (Å²) in [5.41, 5.74) is 3.64. The van der Waals surface area contributed by atoms with Crippen molar-refractivity contribution in [3.05, 3.63) is 71.1 Å². The molecule has 0 bridgehead atoms. The molecule has 1 aliphatic heterocycles. The van der Waals surface area contributed by atoms with E-state index in [0.717, 1.165) is 44.6 Å². The highest BCUT2D eigenvalue weighted by Crippen LogP contribution is 2.23. The Morgan fingerprint density at radius 1 is 1.08 bits per heavy atom. The number of piperidine rings is 1. The van der Waals surface area contributed by atoms with Crippen LogP contribution in [0.25, 0.3) is 4.85 Å². The van der Waals surface area contributed by atoms with Gasteiger partial charge in [0.05, 0.1) is 12.2 Å². The topological polar surface area (TPSA) is 39.9 Å². The zero-order valence-electron chi connectivity index (χ0n) is 15.4. The van der Waals surface area contributed by atoms with Gasteiger partial charge in [-0.25, -0.2) is 4.85 Å². The monoisotopic (exact) mass is 349 g/mol. The molecule has 0 radical (unpaired) electrons. The number of rotatable bonds is 6. The summed E-state index contributed by atoms with van der Waals surface area (Å²) in [6.07, 6.45) is 2.57. The van der Waals surface area contributed by atoms with Crippen LogP contribution in [0.2, 0.25) is 0 Å². The minimum Gasteiger partial charge on any atom is -0.388 e. The van der Waals surface area contributed by atoms with Gasteiger partial charge in [-0.3, -0.25) is 0 Å². The molecule has 0 atom stereocenters. The molecule has 2 aromatic rings. The van der Waals surface area contributed by atoms with Gasteiger partial charge in [0.15, 0.2) is 5.69 Å². The third kappa shape index (κ3) is 5.08. The highest BCUT2D eigenvalue weighted by Gasteiger charge is 2.31. The number of anilines is 1. The molecule has 2 N–H and O–H groups in total. The summed E-state index contributed by atoms with van der Waals surface area (Å²) in [7, 11) is 0. The van der Waals surface area contributed by atoms with E-state index in [2.05, 4.69) is 46.3 Å². The van der Waals surface area contributed by atoms with Crippen molar-refractivity contribution in [3.8, 4) is 0 Å². The molecule has 1 fully saturated rings. The van der Waals surface area contributed by atoms with Crippen LogP contribution in [0.4, 0.5) is 11.4 Å². The van der Waals surface area contributed by atoms with Crippen LogP contribution in [-0.4, -0.2) is 41.8 Å². The average Bonchev–Trinajstić information content (AvgIpc) is 2.68. The number of aryl methyl sites for hydroxylation is 1. The SMILES string of the molecule is [C-]#[N+]c1ccc(CCN2CCC(O)(CNc3ccc(C)cc3)CC2)cc1. The first-order chi connectivity index (χ1) is 12.6. The molecule has 4 heteroatoms. The molecule has 0 saturated carbocycles. The van der Waals surface area contributed by atoms with Crippen molar-refractivity contribution in [3.63, 3.8) is 0 Å². The number of likely N-dealkylation sites (tertiary alicyclic amines) is 1. The van der Waals surface area contributed by atoms with Crippen molar-refractivity contribution >= 4 is 11.4 Å². The second-order valence-corrected chi connectivity index (χ2v) is 7.31. The van der Waals surface area contributed by atoms with Crippen LogP contribution >= 0.6 is 0 Å². The summed E-state index contributed by atoms with van der Waals surface area (Å²) in [6, 6.07) is 16.1. The van der Waals surface area contributed by atoms with E-state index in [9.17, 15) is 5.11 Å². The second-order valence-electron chi connectivity index (χ2n) is 7.31. The van der Waals surface area contributed by atoms with Crippen LogP contribution in [0.15, 0.2) is 48.5 Å². The van der Waals surface area contributed by atoms with Gasteiger partial charge in [0.25, 0.3) is 0 Å². The maximum atomic E-state index is 10.8. The smallest absolute Gasteiger partial charge is 0.187 e. The molecule has 0 spiro atoms. The lowest BCUT2D eigenvalue weighted by atomic mass is 9.91. The van der Waals surface area contributed by atoms with Crippen LogP contribution < -0.4 is 5.32 Å². The summed E-state index contributed by atoms with van der Waals surface area (Å²) in [5, 5.41) is 14.2. The van der Waals surface area contributed by atoms with Gasteiger partial charge in [-0.05, 0) is 43.9 Å². The molecular formula is C22H27N3O. The molecule has 0 unspecified atom stereocenters. The summed E-state index contributed by atoms with van der Waals surface area (Å²) >= 11 is 0. The predicted octanol–water partition coefficient (Wildman–Crippen LogP) is 4.03. The molecule has 136 valence electrons. The summed E-state index contributed by atoms with van der Waals surface area (Å²) in [6.45, 7) is 12.5. The molecule has 26 heavy (non-hydrogen) atoms. The van der Waals surface area contributed by atoms with Gasteiger partial charge in [0.1, 0.15) is 0 Å². The lowest BCUT2D eigenvalue weighted by Crippen LogP contribution is -2.48. The Kier molecular flexibility index (Phi) is 5.92. The molecule has 1 heterocycles. The Morgan fingerprint density at radius 3 is 2.35 bits per heavy atom. The molecule has 2 aromatic carbocycles. The van der Waals surface area contributed by atoms with Gasteiger partial charge in [-0.2, -0.15) is 0 Å². The van der Waals surface area contributed by atoms with Crippen molar-refractivity contribution in [2.75, 3.05) is 31.5 Å². The van der Waals surface area contributed by atoms with Crippen LogP contribution in [-0.2, 0) is 6.42 Å². The van der Waals surface area contributed by atoms with E-state index in [0.29, 0.717) is 12.2 Å². The average molecular weight is 349 g/mol. The first-order valence-electron chi connectivity index (χ1n) is 9.28. The van der Waals surface area contributed by atoms with E-state index in [1.807, 2.05) is 24.3 Å². The zero-order chi connectivity index (χ0) is 18.4. The summed E-state index contributed by atoms with van der Waals surface area (Å²) in [4.78, 5) is 5.85. The number of nitrogens with zero attached hydrogens (tertiary/aromatic N) is 2. The van der Waals surface area contributed by atoms with Crippen LogP contribution in [0.5, 0.6) is 0 Å². The van der Waals surface area contributed by atoms with E-state index >= 15 is 0 Å². The minimum atomic E-state index is -0.626. The standard InChI is InChI=1S/C22H27N3O/c1-18-3-7-21(8-4-18)24-17-22(26)12-15-25(16-13-22)14-11-19-5-9-20(23-2)10-6-19/h3-10,24,26H,11-17H2,1H3. The molecule has 0 aliphatic carbocycles. The minimum absolute atomic E-state index is 0.599. The maximum absolute atomic E-state index is 10.8. The lowest BCUT2D eigenvalue weighted by molar-refractivity contribution is -0.00971. The maximum Gasteiger partial charge on any atom is 0.187 e. The first kappa shape index (κ1) is 18.4. The van der Waals surface area contributed by atoms with Gasteiger partial charge in [-0.15, -0.1) is 0 Å². The van der Waals surface area contributed by atoms with E-state index in [-0.39, 0.29) is 0 Å². The highest BCUT2D eigenvalue weighted by atomic mass is 16.3. The van der Waals surface area contributed by atoms with Crippen molar-refractivity contribution in [2.45, 2.75) is 31.8 Å². The molecule has 0 aromatic heterocycles. The fourth-order valence-corrected chi connectivity index (χ4v) is 3.33. The van der Waals surface area contributed by atoms with Crippen molar-refractivity contribution in [1.82, 2.24) is 4.90 Å². The van der Waals surface area contributed by atoms with Crippen molar-refractivity contribution < 1.29 is 5.11 Å². The predicted molar refractivity (Wildman–Crippen MR) is 107 cm³/mol. The van der Waals surface area contributed by atoms with Gasteiger partial charge in [0.2, 0.25) is 0 Å². The molecule has 0 amide bonds. The van der Waals surface area contributed by atoms with Crippen LogP contribution in [0.3, 0.4) is 0 Å². The number of nitrogens with one attached hydrogen (secondary N) is 1. The number of hydrogen-bond acceptors (Lipinski definition) is 3. The normalized spacial score (nSPS) is 16.8. The van der Waals surface area contributed by atoms with Crippen LogP contribution in [0.1, 0.15) is 24.0 Å². The van der Waals surface area contributed by atoms with Crippen molar-refractivity contribution in [1.29, 1.82) is 0 Å². The molecular weight excluding hydrogens is 322 g/mol. The largest absolute Gasteiger partial charge is 0.388 e. The number of aliphatic hydroxyl groups is 1. The molecule has 1 saturated heterocycles. The number of benzene rings is 2. The Morgan fingerprint density at radius 2 is 1.73 bits per heavy atom. The molecule has 3 rings (SSSR count). The van der Waals surface area contributed by atoms with E-state index in [1.165, 1.54) is 11.1 Å². The zero-order valence-corrected chi connectivity index (χ0v) is 15.4. The third-order valence-electron chi connectivity index (χ3n) is 5.24. The summed E-state index contributed by atoms with van der Waals surface area (Å²) in [5.74, 6) is 0. The summed E-state index contributed by atoms with van der Waals surface area (Å²) < 4.78 is 0. The van der Waals surface area contributed by atoms with E-state index in [4.69, 9.17) is 6.57 Å². The Balaban J connectivity index is 1.42. The Hall–Kier alpha value is -2.35. The molecule has 4 nitrogen and oxygen atoms in total. The lowest BCUT2D eigenvalue weighted by Gasteiger charge is -2.38. The fraction of sp³-hybridized carbons (Fsp3) is 0.409. The van der Waals surface area contributed by atoms with E-state index < -0.39 is 5.60 Å². The first-order valence-corrected chi connectivity index (χ1v) is 9.28. The fourth-order valence-electron chi connectivity index (χ4n) is 3.33. The second kappa shape index (κ2) is 8.35.